The molecule has 2 aromatic carbocycles. The molecule has 3 rings (SSSR count). The first-order chi connectivity index (χ1) is 11.8. The van der Waals surface area contributed by atoms with Crippen LogP contribution in [-0.4, -0.2) is 16.1 Å². The molecule has 0 aliphatic carbocycles. The Bertz CT molecular complexity index is 885. The number of anilines is 3. The zero-order valence-corrected chi connectivity index (χ0v) is 12.6. The highest BCUT2D eigenvalue weighted by Gasteiger charge is 2.07. The Hall–Kier alpha value is -3.72. The first-order valence-electron chi connectivity index (χ1n) is 7.22. The molecule has 116 valence electrons. The van der Waals surface area contributed by atoms with Crippen molar-refractivity contribution < 1.29 is 4.79 Å². The number of carbonyl (C=O) groups excluding carboxylic acids is 1. The molecular formula is C18H13N5O. The molecule has 24 heavy (non-hydrogen) atoms. The lowest BCUT2D eigenvalue weighted by Crippen LogP contribution is -2.13. The Morgan fingerprint density at radius 3 is 2.25 bits per heavy atom. The number of nitrogens with zero attached hydrogens (tertiary/aromatic N) is 3. The average Bonchev–Trinajstić information content (AvgIpc) is 2.64. The summed E-state index contributed by atoms with van der Waals surface area (Å²) in [5, 5.41) is 22.8. The number of amides is 1. The fourth-order valence-electron chi connectivity index (χ4n) is 2.07. The Labute approximate surface area is 138 Å². The molecule has 0 atom stereocenters. The smallest absolute Gasteiger partial charge is 0.256 e. The SMILES string of the molecule is N#Cc1ccccc1Nc1ccc(NC(=O)c2ccccc2)nn1. The van der Waals surface area contributed by atoms with Crippen LogP contribution >= 0.6 is 0 Å². The van der Waals surface area contributed by atoms with Crippen molar-refractivity contribution >= 4 is 23.2 Å². The van der Waals surface area contributed by atoms with Crippen LogP contribution in [0.3, 0.4) is 0 Å². The zero-order valence-electron chi connectivity index (χ0n) is 12.6. The molecule has 6 heteroatoms. The van der Waals surface area contributed by atoms with Crippen LogP contribution in [0.1, 0.15) is 15.9 Å². The highest BCUT2D eigenvalue weighted by molar-refractivity contribution is 6.03. The molecule has 0 spiro atoms. The molecule has 1 amide bonds. The van der Waals surface area contributed by atoms with Crippen molar-refractivity contribution in [2.45, 2.75) is 0 Å². The summed E-state index contributed by atoms with van der Waals surface area (Å²) in [6, 6.07) is 21.4. The van der Waals surface area contributed by atoms with Gasteiger partial charge in [0, 0.05) is 5.56 Å². The van der Waals surface area contributed by atoms with Gasteiger partial charge in [0.1, 0.15) is 6.07 Å². The number of nitriles is 1. The van der Waals surface area contributed by atoms with Crippen molar-refractivity contribution in [1.82, 2.24) is 10.2 Å². The van der Waals surface area contributed by atoms with Crippen molar-refractivity contribution in [2.24, 2.45) is 0 Å². The second kappa shape index (κ2) is 7.03. The lowest BCUT2D eigenvalue weighted by Gasteiger charge is -2.08. The van der Waals surface area contributed by atoms with Crippen molar-refractivity contribution in [3.8, 4) is 6.07 Å². The maximum absolute atomic E-state index is 12.0. The number of hydrogen-bond donors (Lipinski definition) is 2. The maximum Gasteiger partial charge on any atom is 0.256 e. The van der Waals surface area contributed by atoms with E-state index in [2.05, 4.69) is 26.9 Å². The van der Waals surface area contributed by atoms with Gasteiger partial charge in [-0.15, -0.1) is 10.2 Å². The molecule has 0 fully saturated rings. The number of hydrogen-bond acceptors (Lipinski definition) is 5. The van der Waals surface area contributed by atoms with Crippen LogP contribution in [0, 0.1) is 11.3 Å². The fourth-order valence-corrected chi connectivity index (χ4v) is 2.07. The molecule has 0 unspecified atom stereocenters. The van der Waals surface area contributed by atoms with E-state index in [4.69, 9.17) is 5.26 Å². The van der Waals surface area contributed by atoms with E-state index >= 15 is 0 Å². The van der Waals surface area contributed by atoms with Crippen molar-refractivity contribution in [3.05, 3.63) is 77.9 Å². The van der Waals surface area contributed by atoms with Crippen LogP contribution in [0.2, 0.25) is 0 Å². The third kappa shape index (κ3) is 3.54. The van der Waals surface area contributed by atoms with Crippen molar-refractivity contribution in [2.75, 3.05) is 10.6 Å². The first-order valence-corrected chi connectivity index (χ1v) is 7.22. The van der Waals surface area contributed by atoms with Crippen LogP contribution in [0.5, 0.6) is 0 Å². The molecule has 2 N–H and O–H groups in total. The summed E-state index contributed by atoms with van der Waals surface area (Å²) in [7, 11) is 0. The van der Waals surface area contributed by atoms with E-state index in [1.807, 2.05) is 12.1 Å². The van der Waals surface area contributed by atoms with Gasteiger partial charge in [0.25, 0.3) is 5.91 Å². The minimum Gasteiger partial charge on any atom is -0.338 e. The van der Waals surface area contributed by atoms with E-state index in [0.29, 0.717) is 28.5 Å². The van der Waals surface area contributed by atoms with Gasteiger partial charge in [0.05, 0.1) is 11.3 Å². The van der Waals surface area contributed by atoms with Gasteiger partial charge in [0.15, 0.2) is 11.6 Å². The van der Waals surface area contributed by atoms with Gasteiger partial charge in [-0.1, -0.05) is 30.3 Å². The third-order valence-corrected chi connectivity index (χ3v) is 3.25. The van der Waals surface area contributed by atoms with Crippen LogP contribution in [0.4, 0.5) is 17.3 Å². The number of nitrogens with one attached hydrogen (secondary N) is 2. The van der Waals surface area contributed by atoms with Crippen LogP contribution in [0.15, 0.2) is 66.7 Å². The summed E-state index contributed by atoms with van der Waals surface area (Å²) < 4.78 is 0. The number of benzene rings is 2. The van der Waals surface area contributed by atoms with Gasteiger partial charge in [-0.25, -0.2) is 0 Å². The van der Waals surface area contributed by atoms with Gasteiger partial charge >= 0.3 is 0 Å². The monoisotopic (exact) mass is 315 g/mol. The zero-order chi connectivity index (χ0) is 16.8. The minimum absolute atomic E-state index is 0.250. The molecule has 6 nitrogen and oxygen atoms in total. The van der Waals surface area contributed by atoms with Gasteiger partial charge in [-0.3, -0.25) is 4.79 Å². The van der Waals surface area contributed by atoms with E-state index in [-0.39, 0.29) is 5.91 Å². The standard InChI is InChI=1S/C18H13N5O/c19-12-14-8-4-5-9-15(14)20-16-10-11-17(23-22-16)21-18(24)13-6-2-1-3-7-13/h1-11H,(H,20,22)(H,21,23,24). The van der Waals surface area contributed by atoms with Crippen LogP contribution in [0.25, 0.3) is 0 Å². The largest absolute Gasteiger partial charge is 0.338 e. The number of carbonyl (C=O) groups is 1. The summed E-state index contributed by atoms with van der Waals surface area (Å²) in [4.78, 5) is 12.0. The van der Waals surface area contributed by atoms with E-state index in [0.717, 1.165) is 0 Å². The third-order valence-electron chi connectivity index (χ3n) is 3.25. The summed E-state index contributed by atoms with van der Waals surface area (Å²) >= 11 is 0. The van der Waals surface area contributed by atoms with Gasteiger partial charge in [0.2, 0.25) is 0 Å². The van der Waals surface area contributed by atoms with Crippen molar-refractivity contribution in [3.63, 3.8) is 0 Å². The number of rotatable bonds is 4. The lowest BCUT2D eigenvalue weighted by atomic mass is 10.2. The highest BCUT2D eigenvalue weighted by Crippen LogP contribution is 2.18. The maximum atomic E-state index is 12.0. The Balaban J connectivity index is 1.70. The molecule has 1 aromatic heterocycles. The Morgan fingerprint density at radius 2 is 1.54 bits per heavy atom. The predicted molar refractivity (Wildman–Crippen MR) is 90.9 cm³/mol. The quantitative estimate of drug-likeness (QED) is 0.770. The van der Waals surface area contributed by atoms with E-state index in [1.165, 1.54) is 0 Å². The molecule has 0 radical (unpaired) electrons. The fraction of sp³-hybridized carbons (Fsp3) is 0. The molecular weight excluding hydrogens is 302 g/mol. The molecule has 0 bridgehead atoms. The van der Waals surface area contributed by atoms with E-state index in [9.17, 15) is 4.79 Å². The van der Waals surface area contributed by atoms with Crippen molar-refractivity contribution in [1.29, 1.82) is 5.26 Å². The second-order valence-corrected chi connectivity index (χ2v) is 4.91. The number of aromatic nitrogens is 2. The molecule has 0 saturated carbocycles. The molecule has 3 aromatic rings. The van der Waals surface area contributed by atoms with Gasteiger partial charge < -0.3 is 10.6 Å². The summed E-state index contributed by atoms with van der Waals surface area (Å²) in [6.45, 7) is 0. The second-order valence-electron chi connectivity index (χ2n) is 4.91. The Morgan fingerprint density at radius 1 is 0.875 bits per heavy atom. The highest BCUT2D eigenvalue weighted by atomic mass is 16.1. The van der Waals surface area contributed by atoms with E-state index < -0.39 is 0 Å². The Kier molecular flexibility index (Phi) is 4.45. The topological polar surface area (TPSA) is 90.7 Å². The average molecular weight is 315 g/mol. The molecule has 1 heterocycles. The summed E-state index contributed by atoms with van der Waals surface area (Å²) in [6.07, 6.45) is 0. The molecule has 0 aliphatic heterocycles. The predicted octanol–water partition coefficient (Wildman–Crippen LogP) is 3.34. The van der Waals surface area contributed by atoms with Crippen LogP contribution in [-0.2, 0) is 0 Å². The van der Waals surface area contributed by atoms with Crippen LogP contribution < -0.4 is 10.6 Å². The normalized spacial score (nSPS) is 9.79. The van der Waals surface area contributed by atoms with E-state index in [1.54, 1.807) is 54.6 Å². The number of para-hydroxylation sites is 1. The molecule has 0 saturated heterocycles. The summed E-state index contributed by atoms with van der Waals surface area (Å²) in [5.41, 5.74) is 1.71. The first kappa shape index (κ1) is 15.2. The summed E-state index contributed by atoms with van der Waals surface area (Å²) in [5.74, 6) is 0.582. The lowest BCUT2D eigenvalue weighted by molar-refractivity contribution is 0.102. The minimum atomic E-state index is -0.250. The van der Waals surface area contributed by atoms with Gasteiger partial charge in [-0.05, 0) is 36.4 Å². The van der Waals surface area contributed by atoms with Gasteiger partial charge in [-0.2, -0.15) is 5.26 Å². The molecule has 0 aliphatic rings.